The molecule has 0 saturated carbocycles. The van der Waals surface area contributed by atoms with Crippen molar-refractivity contribution < 1.29 is 14.3 Å². The number of methoxy groups -OCH3 is 1. The minimum Gasteiger partial charge on any atom is -0.382 e. The van der Waals surface area contributed by atoms with E-state index in [0.29, 0.717) is 32.1 Å². The zero-order valence-corrected chi connectivity index (χ0v) is 13.6. The Morgan fingerprint density at radius 3 is 2.85 bits per heavy atom. The third kappa shape index (κ3) is 8.09. The van der Waals surface area contributed by atoms with Crippen molar-refractivity contribution in [1.29, 1.82) is 0 Å². The van der Waals surface area contributed by atoms with Crippen molar-refractivity contribution in [2.75, 3.05) is 71.7 Å². The van der Waals surface area contributed by atoms with Crippen molar-refractivity contribution in [1.82, 2.24) is 9.80 Å². The third-order valence-electron chi connectivity index (χ3n) is 3.33. The SMILES string of the molecule is COCCOCCN(C)CCC(=O)N1CCCSCC1. The summed E-state index contributed by atoms with van der Waals surface area (Å²) in [6.07, 6.45) is 1.73. The molecule has 0 bridgehead atoms. The average molecular weight is 304 g/mol. The van der Waals surface area contributed by atoms with E-state index in [1.807, 2.05) is 23.7 Å². The fraction of sp³-hybridized carbons (Fsp3) is 0.929. The van der Waals surface area contributed by atoms with Gasteiger partial charge < -0.3 is 19.3 Å². The van der Waals surface area contributed by atoms with Gasteiger partial charge in [-0.15, -0.1) is 0 Å². The van der Waals surface area contributed by atoms with Crippen LogP contribution in [-0.2, 0) is 14.3 Å². The highest BCUT2D eigenvalue weighted by molar-refractivity contribution is 7.99. The summed E-state index contributed by atoms with van der Waals surface area (Å²) < 4.78 is 10.3. The van der Waals surface area contributed by atoms with E-state index in [2.05, 4.69) is 4.90 Å². The first-order valence-corrected chi connectivity index (χ1v) is 8.50. The van der Waals surface area contributed by atoms with E-state index >= 15 is 0 Å². The number of rotatable bonds is 9. The van der Waals surface area contributed by atoms with Crippen LogP contribution in [-0.4, -0.2) is 87.4 Å². The maximum Gasteiger partial charge on any atom is 0.223 e. The van der Waals surface area contributed by atoms with Gasteiger partial charge in [0.15, 0.2) is 0 Å². The Hall–Kier alpha value is -0.300. The van der Waals surface area contributed by atoms with E-state index in [0.717, 1.165) is 38.4 Å². The monoisotopic (exact) mass is 304 g/mol. The minimum atomic E-state index is 0.291. The molecule has 0 atom stereocenters. The summed E-state index contributed by atoms with van der Waals surface area (Å²) in [5, 5.41) is 0. The van der Waals surface area contributed by atoms with Crippen LogP contribution < -0.4 is 0 Å². The minimum absolute atomic E-state index is 0.291. The van der Waals surface area contributed by atoms with E-state index in [-0.39, 0.29) is 0 Å². The number of hydrogen-bond donors (Lipinski definition) is 0. The molecule has 1 aliphatic heterocycles. The Morgan fingerprint density at radius 2 is 2.05 bits per heavy atom. The van der Waals surface area contributed by atoms with Crippen LogP contribution in [0.5, 0.6) is 0 Å². The van der Waals surface area contributed by atoms with Crippen LogP contribution >= 0.6 is 11.8 Å². The van der Waals surface area contributed by atoms with E-state index in [9.17, 15) is 4.79 Å². The Bertz CT molecular complexity index is 259. The van der Waals surface area contributed by atoms with Crippen LogP contribution in [0.1, 0.15) is 12.8 Å². The van der Waals surface area contributed by atoms with Crippen LogP contribution in [0.25, 0.3) is 0 Å². The highest BCUT2D eigenvalue weighted by Crippen LogP contribution is 2.10. The van der Waals surface area contributed by atoms with Crippen LogP contribution in [0.4, 0.5) is 0 Å². The van der Waals surface area contributed by atoms with E-state index in [1.54, 1.807) is 7.11 Å². The number of ether oxygens (including phenoxy) is 2. The molecule has 1 rings (SSSR count). The largest absolute Gasteiger partial charge is 0.382 e. The topological polar surface area (TPSA) is 42.0 Å². The zero-order valence-electron chi connectivity index (χ0n) is 12.8. The van der Waals surface area contributed by atoms with Crippen LogP contribution in [0.15, 0.2) is 0 Å². The molecule has 20 heavy (non-hydrogen) atoms. The second-order valence-corrected chi connectivity index (χ2v) is 6.23. The van der Waals surface area contributed by atoms with Gasteiger partial charge in [0.05, 0.1) is 19.8 Å². The van der Waals surface area contributed by atoms with Crippen LogP contribution in [0, 0.1) is 0 Å². The van der Waals surface area contributed by atoms with Gasteiger partial charge in [-0.25, -0.2) is 0 Å². The number of hydrogen-bond acceptors (Lipinski definition) is 5. The van der Waals surface area contributed by atoms with Gasteiger partial charge in [-0.2, -0.15) is 11.8 Å². The van der Waals surface area contributed by atoms with Crippen LogP contribution in [0.3, 0.4) is 0 Å². The van der Waals surface area contributed by atoms with Crippen molar-refractivity contribution in [2.24, 2.45) is 0 Å². The summed E-state index contributed by atoms with van der Waals surface area (Å²) >= 11 is 1.95. The lowest BCUT2D eigenvalue weighted by molar-refractivity contribution is -0.131. The standard InChI is InChI=1S/C14H28N2O3S/c1-15(7-9-19-11-10-18-2)6-4-14(17)16-5-3-12-20-13-8-16/h3-13H2,1-2H3. The molecule has 0 unspecified atom stereocenters. The van der Waals surface area contributed by atoms with E-state index in [1.165, 1.54) is 5.75 Å². The van der Waals surface area contributed by atoms with Gasteiger partial charge in [-0.05, 0) is 19.2 Å². The van der Waals surface area contributed by atoms with Crippen molar-refractivity contribution in [3.05, 3.63) is 0 Å². The molecular formula is C14H28N2O3S. The van der Waals surface area contributed by atoms with Crippen molar-refractivity contribution >= 4 is 17.7 Å². The Kier molecular flexibility index (Phi) is 10.1. The highest BCUT2D eigenvalue weighted by atomic mass is 32.2. The smallest absolute Gasteiger partial charge is 0.223 e. The Labute approximate surface area is 127 Å². The van der Waals surface area contributed by atoms with E-state index in [4.69, 9.17) is 9.47 Å². The number of likely N-dealkylation sites (N-methyl/N-ethyl adjacent to an activating group) is 1. The molecule has 0 spiro atoms. The molecule has 0 radical (unpaired) electrons. The number of carbonyl (C=O) groups is 1. The molecule has 1 heterocycles. The second kappa shape index (κ2) is 11.4. The van der Waals surface area contributed by atoms with Gasteiger partial charge in [0.2, 0.25) is 5.91 Å². The number of carbonyl (C=O) groups excluding carboxylic acids is 1. The molecular weight excluding hydrogens is 276 g/mol. The summed E-state index contributed by atoms with van der Waals surface area (Å²) in [7, 11) is 3.70. The lowest BCUT2D eigenvalue weighted by Gasteiger charge is -2.22. The molecule has 5 nitrogen and oxygen atoms in total. The molecule has 0 aromatic heterocycles. The molecule has 0 aromatic carbocycles. The number of amides is 1. The number of thioether (sulfide) groups is 1. The quantitative estimate of drug-likeness (QED) is 0.593. The molecule has 1 fully saturated rings. The molecule has 6 heteroatoms. The second-order valence-electron chi connectivity index (χ2n) is 5.01. The van der Waals surface area contributed by atoms with Gasteiger partial charge in [0.1, 0.15) is 0 Å². The summed E-state index contributed by atoms with van der Waals surface area (Å²) in [4.78, 5) is 16.3. The van der Waals surface area contributed by atoms with Crippen LogP contribution in [0.2, 0.25) is 0 Å². The predicted octanol–water partition coefficient (Wildman–Crippen LogP) is 0.937. The summed E-state index contributed by atoms with van der Waals surface area (Å²) in [5.41, 5.74) is 0. The molecule has 1 aliphatic rings. The van der Waals surface area contributed by atoms with Gasteiger partial charge in [-0.1, -0.05) is 0 Å². The van der Waals surface area contributed by atoms with Crippen molar-refractivity contribution in [2.45, 2.75) is 12.8 Å². The Morgan fingerprint density at radius 1 is 1.20 bits per heavy atom. The average Bonchev–Trinajstić information content (AvgIpc) is 2.73. The first-order chi connectivity index (χ1) is 9.74. The highest BCUT2D eigenvalue weighted by Gasteiger charge is 2.15. The molecule has 1 saturated heterocycles. The maximum absolute atomic E-state index is 12.1. The van der Waals surface area contributed by atoms with Crippen molar-refractivity contribution in [3.63, 3.8) is 0 Å². The normalized spacial score (nSPS) is 16.4. The molecule has 1 amide bonds. The first-order valence-electron chi connectivity index (χ1n) is 7.35. The van der Waals surface area contributed by atoms with Gasteiger partial charge in [0.25, 0.3) is 0 Å². The Balaban J connectivity index is 2.06. The maximum atomic E-state index is 12.1. The third-order valence-corrected chi connectivity index (χ3v) is 4.38. The lowest BCUT2D eigenvalue weighted by Crippen LogP contribution is -2.35. The first kappa shape index (κ1) is 17.8. The zero-order chi connectivity index (χ0) is 14.6. The molecule has 0 N–H and O–H groups in total. The molecule has 118 valence electrons. The van der Waals surface area contributed by atoms with E-state index < -0.39 is 0 Å². The predicted molar refractivity (Wildman–Crippen MR) is 83.3 cm³/mol. The van der Waals surface area contributed by atoms with Gasteiger partial charge >= 0.3 is 0 Å². The van der Waals surface area contributed by atoms with Crippen molar-refractivity contribution in [3.8, 4) is 0 Å². The summed E-state index contributed by atoms with van der Waals surface area (Å²) in [5.74, 6) is 2.55. The summed E-state index contributed by atoms with van der Waals surface area (Å²) in [6, 6.07) is 0. The molecule has 0 aromatic rings. The fourth-order valence-corrected chi connectivity index (χ4v) is 2.90. The van der Waals surface area contributed by atoms with Gasteiger partial charge in [-0.3, -0.25) is 4.79 Å². The number of nitrogens with zero attached hydrogens (tertiary/aromatic N) is 2. The molecule has 0 aliphatic carbocycles. The fourth-order valence-electron chi connectivity index (χ4n) is 2.02. The van der Waals surface area contributed by atoms with Gasteiger partial charge in [0, 0.05) is 45.5 Å². The lowest BCUT2D eigenvalue weighted by atomic mass is 10.3. The summed E-state index contributed by atoms with van der Waals surface area (Å²) in [6.45, 7) is 5.45.